The van der Waals surface area contributed by atoms with E-state index < -0.39 is 0 Å². The lowest BCUT2D eigenvalue weighted by molar-refractivity contribution is -0.132. The summed E-state index contributed by atoms with van der Waals surface area (Å²) < 4.78 is 0. The number of hydrogen-bond donors (Lipinski definition) is 1. The van der Waals surface area contributed by atoms with Crippen LogP contribution in [-0.4, -0.2) is 29.9 Å². The molecule has 3 nitrogen and oxygen atoms in total. The Labute approximate surface area is 103 Å². The summed E-state index contributed by atoms with van der Waals surface area (Å²) in [6.07, 6.45) is 2.60. The van der Waals surface area contributed by atoms with Gasteiger partial charge in [-0.3, -0.25) is 4.79 Å². The topological polar surface area (TPSA) is 46.3 Å². The van der Waals surface area contributed by atoms with E-state index in [-0.39, 0.29) is 11.9 Å². The number of rotatable bonds is 2. The first-order valence-corrected chi connectivity index (χ1v) is 6.33. The Morgan fingerprint density at radius 1 is 1.29 bits per heavy atom. The first-order valence-electron chi connectivity index (χ1n) is 6.33. The smallest absolute Gasteiger partial charge is 0.239 e. The van der Waals surface area contributed by atoms with Crippen LogP contribution in [0.2, 0.25) is 0 Å². The number of carbonyl (C=O) groups is 1. The Balaban J connectivity index is 2.06. The van der Waals surface area contributed by atoms with Crippen molar-refractivity contribution in [3.63, 3.8) is 0 Å². The molecule has 2 N–H and O–H groups in total. The fourth-order valence-electron chi connectivity index (χ4n) is 2.30. The van der Waals surface area contributed by atoms with Crippen LogP contribution in [0.5, 0.6) is 0 Å². The second-order valence-electron chi connectivity index (χ2n) is 4.61. The summed E-state index contributed by atoms with van der Waals surface area (Å²) >= 11 is 0. The lowest BCUT2D eigenvalue weighted by atomic mass is 10.0. The first-order chi connectivity index (χ1) is 8.22. The highest BCUT2D eigenvalue weighted by Gasteiger charge is 2.21. The standard InChI is InChI=1S/C14H20N2O/c1-2-13(15)14(17)16-9-7-11-5-3-4-6-12(11)8-10-16/h3-6,13H,2,7-10,15H2,1H3. The third kappa shape index (κ3) is 2.67. The predicted molar refractivity (Wildman–Crippen MR) is 68.7 cm³/mol. The van der Waals surface area contributed by atoms with Crippen molar-refractivity contribution in [2.45, 2.75) is 32.2 Å². The highest BCUT2D eigenvalue weighted by atomic mass is 16.2. The van der Waals surface area contributed by atoms with E-state index in [1.54, 1.807) is 0 Å². The van der Waals surface area contributed by atoms with Crippen LogP contribution in [0.4, 0.5) is 0 Å². The van der Waals surface area contributed by atoms with Crippen LogP contribution < -0.4 is 5.73 Å². The van der Waals surface area contributed by atoms with Gasteiger partial charge in [0.25, 0.3) is 0 Å². The fraction of sp³-hybridized carbons (Fsp3) is 0.500. The van der Waals surface area contributed by atoms with Crippen LogP contribution in [-0.2, 0) is 17.6 Å². The first kappa shape index (κ1) is 12.1. The zero-order valence-electron chi connectivity index (χ0n) is 10.4. The van der Waals surface area contributed by atoms with Gasteiger partial charge in [0.2, 0.25) is 5.91 Å². The Morgan fingerprint density at radius 3 is 2.29 bits per heavy atom. The second kappa shape index (κ2) is 5.32. The van der Waals surface area contributed by atoms with Gasteiger partial charge in [-0.2, -0.15) is 0 Å². The maximum absolute atomic E-state index is 12.0. The van der Waals surface area contributed by atoms with Crippen LogP contribution >= 0.6 is 0 Å². The van der Waals surface area contributed by atoms with Gasteiger partial charge in [-0.1, -0.05) is 31.2 Å². The third-order valence-electron chi connectivity index (χ3n) is 3.49. The molecule has 1 atom stereocenters. The van der Waals surface area contributed by atoms with Crippen molar-refractivity contribution >= 4 is 5.91 Å². The number of fused-ring (bicyclic) bond motifs is 1. The zero-order chi connectivity index (χ0) is 12.3. The van der Waals surface area contributed by atoms with Crippen molar-refractivity contribution < 1.29 is 4.79 Å². The minimum Gasteiger partial charge on any atom is -0.341 e. The van der Waals surface area contributed by atoms with E-state index in [4.69, 9.17) is 5.73 Å². The maximum Gasteiger partial charge on any atom is 0.239 e. The van der Waals surface area contributed by atoms with Crippen molar-refractivity contribution in [3.05, 3.63) is 35.4 Å². The maximum atomic E-state index is 12.0. The van der Waals surface area contributed by atoms with E-state index in [0.717, 1.165) is 25.9 Å². The van der Waals surface area contributed by atoms with Crippen molar-refractivity contribution in [1.82, 2.24) is 4.90 Å². The molecule has 3 heteroatoms. The summed E-state index contributed by atoms with van der Waals surface area (Å²) in [5, 5.41) is 0. The molecular formula is C14H20N2O. The molecular weight excluding hydrogens is 212 g/mol. The van der Waals surface area contributed by atoms with Crippen molar-refractivity contribution in [1.29, 1.82) is 0 Å². The van der Waals surface area contributed by atoms with Gasteiger partial charge in [0.15, 0.2) is 0 Å². The van der Waals surface area contributed by atoms with Crippen LogP contribution in [0.15, 0.2) is 24.3 Å². The highest BCUT2D eigenvalue weighted by molar-refractivity contribution is 5.81. The molecule has 0 saturated heterocycles. The summed E-state index contributed by atoms with van der Waals surface area (Å²) in [7, 11) is 0. The molecule has 1 aromatic carbocycles. The molecule has 0 spiro atoms. The number of hydrogen-bond acceptors (Lipinski definition) is 2. The van der Waals surface area contributed by atoms with E-state index in [1.807, 2.05) is 11.8 Å². The zero-order valence-corrected chi connectivity index (χ0v) is 10.4. The largest absolute Gasteiger partial charge is 0.341 e. The molecule has 17 heavy (non-hydrogen) atoms. The molecule has 1 heterocycles. The summed E-state index contributed by atoms with van der Waals surface area (Å²) in [5.74, 6) is 0.0975. The second-order valence-corrected chi connectivity index (χ2v) is 4.61. The molecule has 2 rings (SSSR count). The molecule has 0 aliphatic carbocycles. The van der Waals surface area contributed by atoms with Crippen molar-refractivity contribution in [2.24, 2.45) is 5.73 Å². The summed E-state index contributed by atoms with van der Waals surface area (Å²) in [6, 6.07) is 8.10. The van der Waals surface area contributed by atoms with Gasteiger partial charge in [-0.15, -0.1) is 0 Å². The van der Waals surface area contributed by atoms with Gasteiger partial charge in [-0.05, 0) is 30.4 Å². The van der Waals surface area contributed by atoms with Crippen molar-refractivity contribution in [3.8, 4) is 0 Å². The average molecular weight is 232 g/mol. The molecule has 92 valence electrons. The third-order valence-corrected chi connectivity index (χ3v) is 3.49. The van der Waals surface area contributed by atoms with Gasteiger partial charge in [0, 0.05) is 13.1 Å². The van der Waals surface area contributed by atoms with Gasteiger partial charge in [-0.25, -0.2) is 0 Å². The SMILES string of the molecule is CCC(N)C(=O)N1CCc2ccccc2CC1. The quantitative estimate of drug-likeness (QED) is 0.836. The lowest BCUT2D eigenvalue weighted by Gasteiger charge is -2.23. The Morgan fingerprint density at radius 2 is 1.82 bits per heavy atom. The molecule has 0 fully saturated rings. The Bertz CT molecular complexity index is 376. The molecule has 1 unspecified atom stereocenters. The molecule has 0 aromatic heterocycles. The van der Waals surface area contributed by atoms with Gasteiger partial charge < -0.3 is 10.6 Å². The normalized spacial score (nSPS) is 17.2. The number of carbonyl (C=O) groups excluding carboxylic acids is 1. The van der Waals surface area contributed by atoms with Crippen LogP contribution in [0.25, 0.3) is 0 Å². The van der Waals surface area contributed by atoms with Crippen LogP contribution in [0.1, 0.15) is 24.5 Å². The molecule has 0 saturated carbocycles. The number of nitrogens with zero attached hydrogens (tertiary/aromatic N) is 1. The van der Waals surface area contributed by atoms with Gasteiger partial charge >= 0.3 is 0 Å². The van der Waals surface area contributed by atoms with E-state index >= 15 is 0 Å². The van der Waals surface area contributed by atoms with Crippen LogP contribution in [0, 0.1) is 0 Å². The molecule has 0 radical (unpaired) electrons. The Hall–Kier alpha value is -1.35. The molecule has 1 aromatic rings. The minimum atomic E-state index is -0.337. The molecule has 1 aliphatic heterocycles. The van der Waals surface area contributed by atoms with E-state index in [9.17, 15) is 4.79 Å². The number of nitrogens with two attached hydrogens (primary N) is 1. The van der Waals surface area contributed by atoms with E-state index in [1.165, 1.54) is 11.1 Å². The summed E-state index contributed by atoms with van der Waals surface area (Å²) in [6.45, 7) is 3.54. The van der Waals surface area contributed by atoms with Gasteiger partial charge in [0.1, 0.15) is 0 Å². The van der Waals surface area contributed by atoms with Crippen LogP contribution in [0.3, 0.4) is 0 Å². The lowest BCUT2D eigenvalue weighted by Crippen LogP contribution is -2.44. The Kier molecular flexibility index (Phi) is 3.79. The number of amides is 1. The highest BCUT2D eigenvalue weighted by Crippen LogP contribution is 2.16. The van der Waals surface area contributed by atoms with E-state index in [0.29, 0.717) is 6.42 Å². The molecule has 1 amide bonds. The molecule has 0 bridgehead atoms. The number of benzene rings is 1. The average Bonchev–Trinajstić information content (AvgIpc) is 2.59. The monoisotopic (exact) mass is 232 g/mol. The summed E-state index contributed by atoms with van der Waals surface area (Å²) in [4.78, 5) is 13.9. The molecule has 1 aliphatic rings. The summed E-state index contributed by atoms with van der Waals surface area (Å²) in [5.41, 5.74) is 8.55. The van der Waals surface area contributed by atoms with Crippen molar-refractivity contribution in [2.75, 3.05) is 13.1 Å². The minimum absolute atomic E-state index is 0.0975. The van der Waals surface area contributed by atoms with Gasteiger partial charge in [0.05, 0.1) is 6.04 Å². The predicted octanol–water partition coefficient (Wildman–Crippen LogP) is 1.35. The fourth-order valence-corrected chi connectivity index (χ4v) is 2.30. The van der Waals surface area contributed by atoms with E-state index in [2.05, 4.69) is 24.3 Å².